The van der Waals surface area contributed by atoms with Crippen LogP contribution in [-0.4, -0.2) is 58.9 Å². The number of carbonyl (C=O) groups excluding carboxylic acids is 1. The second kappa shape index (κ2) is 10.4. The summed E-state index contributed by atoms with van der Waals surface area (Å²) >= 11 is 0. The summed E-state index contributed by atoms with van der Waals surface area (Å²) in [5, 5.41) is 11.9. The fourth-order valence-electron chi connectivity index (χ4n) is 3.60. The Balaban J connectivity index is 1.66. The number of nitrogens with one attached hydrogen (secondary N) is 1. The molecular formula is C21H31N5O3. The number of carbonyl (C=O) groups is 1. The van der Waals surface area contributed by atoms with E-state index in [1.165, 1.54) is 7.11 Å². The first-order valence-electron chi connectivity index (χ1n) is 10.2. The average Bonchev–Trinajstić information content (AvgIpc) is 3.28. The molecule has 1 atom stereocenters. The van der Waals surface area contributed by atoms with E-state index in [1.807, 2.05) is 18.2 Å². The number of ether oxygens (including phenoxy) is 1. The summed E-state index contributed by atoms with van der Waals surface area (Å²) in [7, 11) is 1.52. The molecule has 29 heavy (non-hydrogen) atoms. The third-order valence-electron chi connectivity index (χ3n) is 4.97. The highest BCUT2D eigenvalue weighted by Crippen LogP contribution is 2.22. The molecular weight excluding hydrogens is 370 g/mol. The SMILES string of the molecule is COCC(=O)NC(CC(C)C)c1nnc2n1CCN(C/C=C/c1ccco1)CC2. The highest BCUT2D eigenvalue weighted by atomic mass is 16.5. The Morgan fingerprint density at radius 3 is 2.93 bits per heavy atom. The molecule has 1 aliphatic heterocycles. The summed E-state index contributed by atoms with van der Waals surface area (Å²) in [6, 6.07) is 3.67. The first-order valence-corrected chi connectivity index (χ1v) is 10.2. The molecule has 8 heteroatoms. The zero-order valence-electron chi connectivity index (χ0n) is 17.5. The lowest BCUT2D eigenvalue weighted by molar-refractivity contribution is -0.125. The van der Waals surface area contributed by atoms with Crippen molar-refractivity contribution in [2.75, 3.05) is 33.4 Å². The molecule has 0 fully saturated rings. The maximum Gasteiger partial charge on any atom is 0.246 e. The minimum Gasteiger partial charge on any atom is -0.465 e. The molecule has 0 bridgehead atoms. The Bertz CT molecular complexity index is 797. The van der Waals surface area contributed by atoms with E-state index in [-0.39, 0.29) is 18.6 Å². The van der Waals surface area contributed by atoms with Crippen molar-refractivity contribution in [3.63, 3.8) is 0 Å². The van der Waals surface area contributed by atoms with Crippen LogP contribution >= 0.6 is 0 Å². The minimum absolute atomic E-state index is 0.0470. The molecule has 0 saturated heterocycles. The van der Waals surface area contributed by atoms with Gasteiger partial charge in [-0.1, -0.05) is 19.9 Å². The first kappa shape index (κ1) is 21.3. The van der Waals surface area contributed by atoms with Crippen LogP contribution in [0.2, 0.25) is 0 Å². The van der Waals surface area contributed by atoms with Crippen LogP contribution in [0.15, 0.2) is 28.9 Å². The van der Waals surface area contributed by atoms with Gasteiger partial charge in [0.25, 0.3) is 0 Å². The number of rotatable bonds is 9. The normalized spacial score (nSPS) is 16.1. The van der Waals surface area contributed by atoms with E-state index in [9.17, 15) is 4.79 Å². The lowest BCUT2D eigenvalue weighted by Crippen LogP contribution is -2.34. The molecule has 0 aliphatic carbocycles. The van der Waals surface area contributed by atoms with Crippen molar-refractivity contribution < 1.29 is 13.9 Å². The molecule has 1 amide bonds. The van der Waals surface area contributed by atoms with Crippen molar-refractivity contribution in [2.24, 2.45) is 5.92 Å². The summed E-state index contributed by atoms with van der Waals surface area (Å²) < 4.78 is 12.5. The van der Waals surface area contributed by atoms with Gasteiger partial charge in [0.2, 0.25) is 5.91 Å². The summed E-state index contributed by atoms with van der Waals surface area (Å²) in [6.07, 6.45) is 7.45. The van der Waals surface area contributed by atoms with Gasteiger partial charge in [0, 0.05) is 39.7 Å². The molecule has 3 rings (SSSR count). The van der Waals surface area contributed by atoms with Gasteiger partial charge in [-0.2, -0.15) is 0 Å². The molecule has 158 valence electrons. The lowest BCUT2D eigenvalue weighted by Gasteiger charge is -2.21. The monoisotopic (exact) mass is 401 g/mol. The van der Waals surface area contributed by atoms with Crippen LogP contribution < -0.4 is 5.32 Å². The van der Waals surface area contributed by atoms with Gasteiger partial charge < -0.3 is 19.0 Å². The van der Waals surface area contributed by atoms with Crippen LogP contribution in [0.25, 0.3) is 6.08 Å². The maximum atomic E-state index is 12.1. The predicted octanol–water partition coefficient (Wildman–Crippen LogP) is 2.29. The van der Waals surface area contributed by atoms with Crippen LogP contribution in [0, 0.1) is 5.92 Å². The van der Waals surface area contributed by atoms with Crippen molar-refractivity contribution in [1.82, 2.24) is 25.0 Å². The van der Waals surface area contributed by atoms with Crippen molar-refractivity contribution in [2.45, 2.75) is 39.3 Å². The molecule has 1 N–H and O–H groups in total. The number of hydrogen-bond donors (Lipinski definition) is 1. The number of methoxy groups -OCH3 is 1. The molecule has 0 saturated carbocycles. The number of aromatic nitrogens is 3. The topological polar surface area (TPSA) is 85.4 Å². The third-order valence-corrected chi connectivity index (χ3v) is 4.97. The van der Waals surface area contributed by atoms with Gasteiger partial charge in [-0.3, -0.25) is 9.69 Å². The van der Waals surface area contributed by atoms with Crippen molar-refractivity contribution in [3.8, 4) is 0 Å². The molecule has 1 aliphatic rings. The molecule has 0 radical (unpaired) electrons. The van der Waals surface area contributed by atoms with E-state index in [0.717, 1.165) is 56.4 Å². The number of fused-ring (bicyclic) bond motifs is 1. The average molecular weight is 402 g/mol. The van der Waals surface area contributed by atoms with Crippen LogP contribution in [0.4, 0.5) is 0 Å². The first-order chi connectivity index (χ1) is 14.1. The highest BCUT2D eigenvalue weighted by Gasteiger charge is 2.25. The summed E-state index contributed by atoms with van der Waals surface area (Å²) in [5.74, 6) is 2.97. The van der Waals surface area contributed by atoms with Gasteiger partial charge >= 0.3 is 0 Å². The molecule has 0 spiro atoms. The number of hydrogen-bond acceptors (Lipinski definition) is 6. The molecule has 3 heterocycles. The molecule has 0 aromatic carbocycles. The molecule has 2 aromatic heterocycles. The number of nitrogens with zero attached hydrogens (tertiary/aromatic N) is 4. The quantitative estimate of drug-likeness (QED) is 0.694. The highest BCUT2D eigenvalue weighted by molar-refractivity contribution is 5.77. The van der Waals surface area contributed by atoms with E-state index >= 15 is 0 Å². The van der Waals surface area contributed by atoms with Crippen LogP contribution in [0.3, 0.4) is 0 Å². The van der Waals surface area contributed by atoms with Gasteiger partial charge in [0.1, 0.15) is 18.2 Å². The van der Waals surface area contributed by atoms with Gasteiger partial charge in [-0.05, 0) is 30.5 Å². The smallest absolute Gasteiger partial charge is 0.246 e. The number of furan rings is 1. The van der Waals surface area contributed by atoms with Crippen LogP contribution in [-0.2, 0) is 22.5 Å². The fourth-order valence-corrected chi connectivity index (χ4v) is 3.60. The Kier molecular flexibility index (Phi) is 7.60. The summed E-state index contributed by atoms with van der Waals surface area (Å²) in [6.45, 7) is 7.82. The fraction of sp³-hybridized carbons (Fsp3) is 0.571. The van der Waals surface area contributed by atoms with E-state index in [4.69, 9.17) is 9.15 Å². The molecule has 2 aromatic rings. The Hall–Kier alpha value is -2.45. The van der Waals surface area contributed by atoms with Gasteiger partial charge in [-0.15, -0.1) is 10.2 Å². The molecule has 8 nitrogen and oxygen atoms in total. The van der Waals surface area contributed by atoms with Crippen LogP contribution in [0.1, 0.15) is 43.7 Å². The Morgan fingerprint density at radius 2 is 2.21 bits per heavy atom. The van der Waals surface area contributed by atoms with Crippen molar-refractivity contribution >= 4 is 12.0 Å². The maximum absolute atomic E-state index is 12.1. The Labute approximate surface area is 171 Å². The van der Waals surface area contributed by atoms with Crippen LogP contribution in [0.5, 0.6) is 0 Å². The van der Waals surface area contributed by atoms with E-state index < -0.39 is 0 Å². The zero-order valence-corrected chi connectivity index (χ0v) is 17.5. The van der Waals surface area contributed by atoms with Gasteiger partial charge in [0.05, 0.1) is 12.3 Å². The predicted molar refractivity (Wildman–Crippen MR) is 110 cm³/mol. The van der Waals surface area contributed by atoms with E-state index in [2.05, 4.69) is 44.9 Å². The minimum atomic E-state index is -0.163. The van der Waals surface area contributed by atoms with E-state index in [1.54, 1.807) is 6.26 Å². The van der Waals surface area contributed by atoms with Gasteiger partial charge in [0.15, 0.2) is 5.82 Å². The van der Waals surface area contributed by atoms with E-state index in [0.29, 0.717) is 5.92 Å². The van der Waals surface area contributed by atoms with Gasteiger partial charge in [-0.25, -0.2) is 0 Å². The third kappa shape index (κ3) is 6.01. The number of amides is 1. The largest absolute Gasteiger partial charge is 0.465 e. The van der Waals surface area contributed by atoms with Crippen molar-refractivity contribution in [1.29, 1.82) is 0 Å². The zero-order chi connectivity index (χ0) is 20.6. The summed E-state index contributed by atoms with van der Waals surface area (Å²) in [4.78, 5) is 14.5. The standard InChI is InChI=1S/C21H31N5O3/c1-16(2)14-18(22-20(27)15-28-3)21-24-23-19-8-10-25(11-12-26(19)21)9-4-6-17-7-5-13-29-17/h4-7,13,16,18H,8-12,14-15H2,1-3H3,(H,22,27)/b6-4+. The summed E-state index contributed by atoms with van der Waals surface area (Å²) in [5.41, 5.74) is 0. The van der Waals surface area contributed by atoms with Crippen molar-refractivity contribution in [3.05, 3.63) is 41.9 Å². The molecule has 1 unspecified atom stereocenters. The lowest BCUT2D eigenvalue weighted by atomic mass is 10.0. The Morgan fingerprint density at radius 1 is 1.34 bits per heavy atom. The second-order valence-electron chi connectivity index (χ2n) is 7.78. The second-order valence-corrected chi connectivity index (χ2v) is 7.78.